The molecule has 0 fully saturated rings. The molecule has 4 rings (SSSR count). The Bertz CT molecular complexity index is 1150. The van der Waals surface area contributed by atoms with Crippen LogP contribution >= 0.6 is 0 Å². The van der Waals surface area contributed by atoms with Gasteiger partial charge in [-0.05, 0) is 23.6 Å². The molecule has 1 aliphatic heterocycles. The summed E-state index contributed by atoms with van der Waals surface area (Å²) >= 11 is 0. The first-order chi connectivity index (χ1) is 13.9. The molecular weight excluding hydrogens is 383 g/mol. The lowest BCUT2D eigenvalue weighted by atomic mass is 10.1. The van der Waals surface area contributed by atoms with Crippen LogP contribution in [0.25, 0.3) is 10.8 Å². The van der Waals surface area contributed by atoms with E-state index in [9.17, 15) is 22.8 Å². The Balaban J connectivity index is 1.49. The molecule has 0 aliphatic carbocycles. The minimum atomic E-state index is -4.53. The van der Waals surface area contributed by atoms with Crippen LogP contribution in [0.15, 0.2) is 65.8 Å². The third-order valence-corrected chi connectivity index (χ3v) is 4.61. The largest absolute Gasteiger partial charge is 0.417 e. The highest BCUT2D eigenvalue weighted by molar-refractivity contribution is 6.26. The van der Waals surface area contributed by atoms with E-state index in [4.69, 9.17) is 0 Å². The number of hydrazone groups is 1. The molecule has 0 radical (unpaired) electrons. The highest BCUT2D eigenvalue weighted by Crippen LogP contribution is 2.36. The van der Waals surface area contributed by atoms with Gasteiger partial charge in [-0.3, -0.25) is 14.5 Å². The zero-order chi connectivity index (χ0) is 20.6. The number of carbonyl (C=O) groups is 2. The van der Waals surface area contributed by atoms with E-state index in [0.29, 0.717) is 11.3 Å². The highest BCUT2D eigenvalue weighted by Gasteiger charge is 2.33. The van der Waals surface area contributed by atoms with E-state index in [1.165, 1.54) is 23.1 Å². The summed E-state index contributed by atoms with van der Waals surface area (Å²) in [5, 5.41) is 5.28. The van der Waals surface area contributed by atoms with E-state index in [-0.39, 0.29) is 18.0 Å². The van der Waals surface area contributed by atoms with Crippen molar-refractivity contribution in [3.8, 4) is 0 Å². The molecule has 1 heterocycles. The highest BCUT2D eigenvalue weighted by atomic mass is 19.4. The fourth-order valence-corrected chi connectivity index (χ4v) is 3.36. The summed E-state index contributed by atoms with van der Waals surface area (Å²) in [4.78, 5) is 26.2. The Morgan fingerprint density at radius 2 is 1.76 bits per heavy atom. The van der Waals surface area contributed by atoms with E-state index in [1.807, 2.05) is 12.1 Å². The molecule has 3 aromatic carbocycles. The van der Waals surface area contributed by atoms with Crippen LogP contribution in [0.5, 0.6) is 0 Å². The second-order valence-corrected chi connectivity index (χ2v) is 6.45. The van der Waals surface area contributed by atoms with Gasteiger partial charge in [0, 0.05) is 16.5 Å². The second kappa shape index (κ2) is 7.05. The van der Waals surface area contributed by atoms with Crippen molar-refractivity contribution in [3.63, 3.8) is 0 Å². The Morgan fingerprint density at radius 3 is 2.52 bits per heavy atom. The predicted octanol–water partition coefficient (Wildman–Crippen LogP) is 3.97. The van der Waals surface area contributed by atoms with Crippen molar-refractivity contribution in [2.75, 3.05) is 11.4 Å². The lowest BCUT2D eigenvalue weighted by Gasteiger charge is -2.16. The predicted molar refractivity (Wildman–Crippen MR) is 103 cm³/mol. The van der Waals surface area contributed by atoms with Crippen LogP contribution in [0.2, 0.25) is 0 Å². The molecule has 5 nitrogen and oxygen atoms in total. The standard InChI is InChI=1S/C21H14F3N3O2/c22-21(23,24)16-9-2-1-5-14(16)11-25-26-18(28)12-27-17-10-4-7-13-6-3-8-15(19(13)17)20(27)29/h1-11H,12H2,(H,26,28)/b25-11-. The molecule has 29 heavy (non-hydrogen) atoms. The fraction of sp³-hybridized carbons (Fsp3) is 0.0952. The van der Waals surface area contributed by atoms with E-state index in [0.717, 1.165) is 23.1 Å². The molecule has 8 heteroatoms. The minimum Gasteiger partial charge on any atom is -0.298 e. The number of hydrogen-bond donors (Lipinski definition) is 1. The summed E-state index contributed by atoms with van der Waals surface area (Å²) < 4.78 is 39.0. The number of hydrogen-bond acceptors (Lipinski definition) is 3. The molecule has 0 bridgehead atoms. The number of nitrogens with one attached hydrogen (secondary N) is 1. The number of rotatable bonds is 4. The zero-order valence-corrected chi connectivity index (χ0v) is 14.9. The number of alkyl halides is 3. The average molecular weight is 397 g/mol. The topological polar surface area (TPSA) is 61.8 Å². The summed E-state index contributed by atoms with van der Waals surface area (Å²) in [5.41, 5.74) is 2.29. The number of benzene rings is 3. The fourth-order valence-electron chi connectivity index (χ4n) is 3.36. The number of nitrogens with zero attached hydrogens (tertiary/aromatic N) is 2. The molecule has 0 atom stereocenters. The first-order valence-corrected chi connectivity index (χ1v) is 8.68. The molecule has 0 aromatic heterocycles. The lowest BCUT2D eigenvalue weighted by molar-refractivity contribution is -0.137. The summed E-state index contributed by atoms with van der Waals surface area (Å²) in [5.74, 6) is -0.928. The molecule has 0 saturated carbocycles. The van der Waals surface area contributed by atoms with Gasteiger partial charge >= 0.3 is 6.18 Å². The average Bonchev–Trinajstić information content (AvgIpc) is 2.96. The van der Waals surface area contributed by atoms with Gasteiger partial charge in [0.25, 0.3) is 11.8 Å². The van der Waals surface area contributed by atoms with Crippen molar-refractivity contribution < 1.29 is 22.8 Å². The molecular formula is C21H14F3N3O2. The maximum Gasteiger partial charge on any atom is 0.417 e. The number of anilines is 1. The Kier molecular flexibility index (Phi) is 4.54. The van der Waals surface area contributed by atoms with Crippen molar-refractivity contribution in [3.05, 3.63) is 77.4 Å². The molecule has 1 aliphatic rings. The number of halogens is 3. The minimum absolute atomic E-state index is 0.172. The van der Waals surface area contributed by atoms with Crippen LogP contribution in [0, 0.1) is 0 Å². The van der Waals surface area contributed by atoms with Gasteiger partial charge in [-0.1, -0.05) is 42.5 Å². The van der Waals surface area contributed by atoms with E-state index < -0.39 is 17.6 Å². The molecule has 1 N–H and O–H groups in total. The van der Waals surface area contributed by atoms with Gasteiger partial charge in [-0.2, -0.15) is 18.3 Å². The van der Waals surface area contributed by atoms with Crippen LogP contribution in [-0.2, 0) is 11.0 Å². The summed E-state index contributed by atoms with van der Waals surface area (Å²) in [6.45, 7) is -0.301. The molecule has 2 amide bonds. The van der Waals surface area contributed by atoms with Gasteiger partial charge < -0.3 is 0 Å². The third kappa shape index (κ3) is 3.44. The number of amides is 2. The third-order valence-electron chi connectivity index (χ3n) is 4.61. The molecule has 146 valence electrons. The van der Waals surface area contributed by atoms with Gasteiger partial charge in [-0.15, -0.1) is 0 Å². The van der Waals surface area contributed by atoms with Crippen molar-refractivity contribution in [1.29, 1.82) is 0 Å². The summed E-state index contributed by atoms with van der Waals surface area (Å²) in [6.07, 6.45) is -3.60. The van der Waals surface area contributed by atoms with Crippen molar-refractivity contribution in [2.24, 2.45) is 5.10 Å². The molecule has 0 saturated heterocycles. The van der Waals surface area contributed by atoms with Crippen molar-refractivity contribution in [1.82, 2.24) is 5.43 Å². The monoisotopic (exact) mass is 397 g/mol. The van der Waals surface area contributed by atoms with Gasteiger partial charge in [0.1, 0.15) is 6.54 Å². The number of carbonyl (C=O) groups excluding carboxylic acids is 2. The summed E-state index contributed by atoms with van der Waals surface area (Å²) in [6, 6.07) is 15.6. The van der Waals surface area contributed by atoms with Gasteiger partial charge in [0.15, 0.2) is 0 Å². The van der Waals surface area contributed by atoms with Crippen LogP contribution < -0.4 is 10.3 Å². The second-order valence-electron chi connectivity index (χ2n) is 6.45. The van der Waals surface area contributed by atoms with Crippen LogP contribution in [0.4, 0.5) is 18.9 Å². The first-order valence-electron chi connectivity index (χ1n) is 8.68. The molecule has 0 spiro atoms. The zero-order valence-electron chi connectivity index (χ0n) is 14.9. The Morgan fingerprint density at radius 1 is 1.03 bits per heavy atom. The quantitative estimate of drug-likeness (QED) is 0.535. The maximum atomic E-state index is 13.0. The SMILES string of the molecule is O=C(CN1C(=O)c2cccc3cccc1c23)N/N=C\c1ccccc1C(F)(F)F. The van der Waals surface area contributed by atoms with Gasteiger partial charge in [-0.25, -0.2) is 5.43 Å². The first kappa shape index (κ1) is 18.7. The molecule has 0 unspecified atom stereocenters. The van der Waals surface area contributed by atoms with Crippen molar-refractivity contribution in [2.45, 2.75) is 6.18 Å². The Hall–Kier alpha value is -3.68. The van der Waals surface area contributed by atoms with Gasteiger partial charge in [0.2, 0.25) is 0 Å². The maximum absolute atomic E-state index is 13.0. The van der Waals surface area contributed by atoms with E-state index >= 15 is 0 Å². The van der Waals surface area contributed by atoms with Crippen LogP contribution in [0.3, 0.4) is 0 Å². The van der Waals surface area contributed by atoms with Crippen LogP contribution in [-0.4, -0.2) is 24.6 Å². The van der Waals surface area contributed by atoms with Gasteiger partial charge in [0.05, 0.1) is 17.5 Å². The smallest absolute Gasteiger partial charge is 0.298 e. The van der Waals surface area contributed by atoms with E-state index in [2.05, 4.69) is 10.5 Å². The summed E-state index contributed by atoms with van der Waals surface area (Å²) in [7, 11) is 0. The Labute approximate surface area is 163 Å². The normalized spacial score (nSPS) is 13.5. The van der Waals surface area contributed by atoms with Crippen molar-refractivity contribution >= 4 is 34.5 Å². The molecule has 3 aromatic rings. The van der Waals surface area contributed by atoms with E-state index in [1.54, 1.807) is 24.3 Å². The lowest BCUT2D eigenvalue weighted by Crippen LogP contribution is -2.37. The van der Waals surface area contributed by atoms with Crippen LogP contribution in [0.1, 0.15) is 21.5 Å².